The molecule has 7 heavy (non-hydrogen) atoms. The zero-order valence-electron chi connectivity index (χ0n) is 3.83. The molecule has 0 aromatic carbocycles. The van der Waals surface area contributed by atoms with E-state index in [0.717, 1.165) is 0 Å². The number of rotatable bonds is 0. The SMILES string of the molecule is C1#[N+]C=CC=NC1. The van der Waals surface area contributed by atoms with Crippen molar-refractivity contribution >= 4 is 6.21 Å². The van der Waals surface area contributed by atoms with Crippen molar-refractivity contribution in [1.29, 1.82) is 0 Å². The van der Waals surface area contributed by atoms with E-state index in [1.54, 1.807) is 18.5 Å². The van der Waals surface area contributed by atoms with Gasteiger partial charge in [-0.15, -0.1) is 0 Å². The number of hydrogen-bond acceptors (Lipinski definition) is 1. The van der Waals surface area contributed by atoms with E-state index in [9.17, 15) is 0 Å². The van der Waals surface area contributed by atoms with Crippen molar-refractivity contribution in [3.05, 3.63) is 17.1 Å². The van der Waals surface area contributed by atoms with Gasteiger partial charge < -0.3 is 0 Å². The first-order valence-corrected chi connectivity index (χ1v) is 2.08. The lowest BCUT2D eigenvalue weighted by molar-refractivity contribution is 1.31. The molecule has 0 aromatic heterocycles. The monoisotopic (exact) mass is 93.0 g/mol. The fourth-order valence-corrected chi connectivity index (χ4v) is 0.329. The minimum Gasteiger partial charge on any atom is -0.273 e. The smallest absolute Gasteiger partial charge is 0.273 e. The van der Waals surface area contributed by atoms with Gasteiger partial charge in [-0.25, -0.2) is 0 Å². The fourth-order valence-electron chi connectivity index (χ4n) is 0.329. The molecule has 2 nitrogen and oxygen atoms in total. The van der Waals surface area contributed by atoms with E-state index in [-0.39, 0.29) is 0 Å². The van der Waals surface area contributed by atoms with Gasteiger partial charge in [-0.2, -0.15) is 0 Å². The molecule has 0 saturated heterocycles. The van der Waals surface area contributed by atoms with Crippen molar-refractivity contribution in [2.45, 2.75) is 0 Å². The van der Waals surface area contributed by atoms with Gasteiger partial charge in [-0.3, -0.25) is 4.99 Å². The van der Waals surface area contributed by atoms with Crippen molar-refractivity contribution in [2.75, 3.05) is 6.54 Å². The second-order valence-electron chi connectivity index (χ2n) is 1.12. The van der Waals surface area contributed by atoms with Gasteiger partial charge in [-0.05, 0) is 4.85 Å². The fraction of sp³-hybridized carbons (Fsp3) is 0.200. The Bertz CT molecular complexity index is 157. The van der Waals surface area contributed by atoms with Crippen molar-refractivity contribution in [3.8, 4) is 6.07 Å². The molecular formula is C5H5N2+. The molecule has 1 heterocycles. The van der Waals surface area contributed by atoms with Crippen molar-refractivity contribution in [1.82, 2.24) is 0 Å². The lowest BCUT2D eigenvalue weighted by Gasteiger charge is -1.61. The molecule has 1 rings (SSSR count). The summed E-state index contributed by atoms with van der Waals surface area (Å²) in [6.45, 7) is 0.590. The summed E-state index contributed by atoms with van der Waals surface area (Å²) in [5.41, 5.74) is 0. The molecule has 0 unspecified atom stereocenters. The number of allylic oxidation sites excluding steroid dienone is 1. The largest absolute Gasteiger partial charge is 0.307 e. The molecule has 0 aliphatic carbocycles. The molecule has 0 saturated carbocycles. The van der Waals surface area contributed by atoms with E-state index < -0.39 is 0 Å². The van der Waals surface area contributed by atoms with E-state index >= 15 is 0 Å². The molecule has 0 radical (unpaired) electrons. The summed E-state index contributed by atoms with van der Waals surface area (Å²) in [4.78, 5) is 7.57. The predicted molar refractivity (Wildman–Crippen MR) is 29.7 cm³/mol. The van der Waals surface area contributed by atoms with E-state index in [2.05, 4.69) is 15.9 Å². The lowest BCUT2D eigenvalue weighted by atomic mass is 10.7. The van der Waals surface area contributed by atoms with Crippen LogP contribution in [0.4, 0.5) is 0 Å². The van der Waals surface area contributed by atoms with Crippen LogP contribution in [-0.2, 0) is 0 Å². The highest BCUT2D eigenvalue weighted by Crippen LogP contribution is 1.77. The highest BCUT2D eigenvalue weighted by Gasteiger charge is 1.82. The maximum atomic E-state index is 3.85. The number of nitrogens with zero attached hydrogens (tertiary/aromatic N) is 2. The number of hydrogen-bond donors (Lipinski definition) is 0. The standard InChI is InChI=1S/C5H5N2/c1-2-6-4-5-7-3-1/h1-3H,4H2/q+1. The Morgan fingerprint density at radius 2 is 2.71 bits per heavy atom. The van der Waals surface area contributed by atoms with Crippen molar-refractivity contribution < 1.29 is 0 Å². The third kappa shape index (κ3) is 1.18. The molecule has 34 valence electrons. The van der Waals surface area contributed by atoms with E-state index in [4.69, 9.17) is 0 Å². The van der Waals surface area contributed by atoms with Gasteiger partial charge in [0.2, 0.25) is 0 Å². The first-order chi connectivity index (χ1) is 3.50. The van der Waals surface area contributed by atoms with Gasteiger partial charge in [0.1, 0.15) is 0 Å². The van der Waals surface area contributed by atoms with Crippen LogP contribution in [-0.4, -0.2) is 12.8 Å². The average molecular weight is 93.1 g/mol. The zero-order chi connectivity index (χ0) is 4.95. The topological polar surface area (TPSA) is 16.7 Å². The predicted octanol–water partition coefficient (Wildman–Crippen LogP) is 0.917. The van der Waals surface area contributed by atoms with E-state index in [1.165, 1.54) is 0 Å². The third-order valence-electron chi connectivity index (χ3n) is 0.605. The molecule has 0 N–H and O–H groups in total. The summed E-state index contributed by atoms with van der Waals surface area (Å²) < 4.78 is 0. The number of aliphatic imine (C=N–C) groups is 1. The normalized spacial score (nSPS) is 14.9. The maximum Gasteiger partial charge on any atom is 0.307 e. The van der Waals surface area contributed by atoms with Gasteiger partial charge in [0, 0.05) is 12.3 Å². The van der Waals surface area contributed by atoms with Crippen LogP contribution < -0.4 is 0 Å². The maximum absolute atomic E-state index is 3.85. The van der Waals surface area contributed by atoms with Gasteiger partial charge in [0.05, 0.1) is 0 Å². The van der Waals surface area contributed by atoms with E-state index in [0.29, 0.717) is 6.54 Å². The molecule has 0 bridgehead atoms. The van der Waals surface area contributed by atoms with Crippen LogP contribution in [0.1, 0.15) is 0 Å². The molecule has 0 amide bonds. The Morgan fingerprint density at radius 1 is 1.71 bits per heavy atom. The van der Waals surface area contributed by atoms with Crippen LogP contribution in [0.25, 0.3) is 4.85 Å². The summed E-state index contributed by atoms with van der Waals surface area (Å²) in [6, 6.07) is 2.69. The molecule has 0 fully saturated rings. The summed E-state index contributed by atoms with van der Waals surface area (Å²) in [5, 5.41) is 0. The molecule has 0 atom stereocenters. The van der Waals surface area contributed by atoms with Gasteiger partial charge in [-0.1, -0.05) is 0 Å². The molecule has 1 aliphatic heterocycles. The quantitative estimate of drug-likeness (QED) is 0.396. The third-order valence-corrected chi connectivity index (χ3v) is 0.605. The van der Waals surface area contributed by atoms with Crippen molar-refractivity contribution in [2.24, 2.45) is 4.99 Å². The zero-order valence-corrected chi connectivity index (χ0v) is 3.83. The van der Waals surface area contributed by atoms with Crippen LogP contribution in [0.15, 0.2) is 17.3 Å². The van der Waals surface area contributed by atoms with Crippen molar-refractivity contribution in [3.63, 3.8) is 0 Å². The Kier molecular flexibility index (Phi) is 1.24. The Balaban J connectivity index is 2.68. The van der Waals surface area contributed by atoms with Crippen LogP contribution in [0.3, 0.4) is 0 Å². The summed E-state index contributed by atoms with van der Waals surface area (Å²) in [5.74, 6) is 0. The molecule has 1 aliphatic rings. The summed E-state index contributed by atoms with van der Waals surface area (Å²) in [6.07, 6.45) is 5.15. The second-order valence-corrected chi connectivity index (χ2v) is 1.12. The van der Waals surface area contributed by atoms with Crippen LogP contribution in [0.5, 0.6) is 0 Å². The van der Waals surface area contributed by atoms with Gasteiger partial charge in [0.25, 0.3) is 0 Å². The minimum absolute atomic E-state index is 0.590. The average Bonchev–Trinajstić information content (AvgIpc) is 1.90. The van der Waals surface area contributed by atoms with Gasteiger partial charge >= 0.3 is 12.3 Å². The van der Waals surface area contributed by atoms with Gasteiger partial charge in [0.15, 0.2) is 6.54 Å². The molecule has 0 aromatic rings. The Labute approximate surface area is 42.0 Å². The van der Waals surface area contributed by atoms with E-state index in [1.807, 2.05) is 0 Å². The van der Waals surface area contributed by atoms with Crippen LogP contribution in [0, 0.1) is 6.07 Å². The first kappa shape index (κ1) is 4.07. The lowest BCUT2D eigenvalue weighted by Crippen LogP contribution is -1.67. The Morgan fingerprint density at radius 3 is 3.71 bits per heavy atom. The molecule has 2 heteroatoms. The minimum atomic E-state index is 0.590. The van der Waals surface area contributed by atoms with Crippen LogP contribution in [0.2, 0.25) is 0 Å². The Hall–Kier alpha value is -1.10. The highest BCUT2D eigenvalue weighted by molar-refractivity contribution is 5.71. The summed E-state index contributed by atoms with van der Waals surface area (Å²) >= 11 is 0. The summed E-state index contributed by atoms with van der Waals surface area (Å²) in [7, 11) is 0. The molecular weight excluding hydrogens is 88.1 g/mol. The highest BCUT2D eigenvalue weighted by atomic mass is 14.7. The second kappa shape index (κ2) is 2.14. The molecule has 0 spiro atoms. The van der Waals surface area contributed by atoms with Crippen LogP contribution >= 0.6 is 0 Å². The first-order valence-electron chi connectivity index (χ1n) is 2.08.